The summed E-state index contributed by atoms with van der Waals surface area (Å²) in [6.45, 7) is 3.98. The van der Waals surface area contributed by atoms with E-state index in [2.05, 4.69) is 11.1 Å². The molecule has 0 spiro atoms. The van der Waals surface area contributed by atoms with E-state index in [4.69, 9.17) is 10.8 Å². The third-order valence-corrected chi connectivity index (χ3v) is 3.43. The molecule has 4 heteroatoms. The smallest absolute Gasteiger partial charge is 0.321 e. The maximum absolute atomic E-state index is 11.1. The van der Waals surface area contributed by atoms with E-state index >= 15 is 0 Å². The van der Waals surface area contributed by atoms with Crippen LogP contribution in [0.15, 0.2) is 24.4 Å². The Kier molecular flexibility index (Phi) is 3.39. The van der Waals surface area contributed by atoms with E-state index < -0.39 is 12.0 Å². The molecule has 2 rings (SSSR count). The second-order valence-corrected chi connectivity index (χ2v) is 4.67. The number of aliphatic carboxylic acids is 1. The van der Waals surface area contributed by atoms with E-state index in [0.29, 0.717) is 6.42 Å². The molecule has 2 atom stereocenters. The normalized spacial score (nSPS) is 14.6. The zero-order valence-corrected chi connectivity index (χ0v) is 10.6. The summed E-state index contributed by atoms with van der Waals surface area (Å²) in [5, 5.41) is 10.1. The Morgan fingerprint density at radius 1 is 1.50 bits per heavy atom. The van der Waals surface area contributed by atoms with E-state index in [9.17, 15) is 4.79 Å². The third kappa shape index (κ3) is 2.11. The lowest BCUT2D eigenvalue weighted by molar-refractivity contribution is -0.139. The van der Waals surface area contributed by atoms with E-state index in [-0.39, 0.29) is 5.92 Å². The Labute approximate surface area is 106 Å². The zero-order valence-electron chi connectivity index (χ0n) is 10.6. The first kappa shape index (κ1) is 12.6. The average Bonchev–Trinajstić information content (AvgIpc) is 2.73. The van der Waals surface area contributed by atoms with Crippen LogP contribution in [0, 0.1) is 6.92 Å². The maximum Gasteiger partial charge on any atom is 0.321 e. The molecule has 0 aliphatic heterocycles. The number of H-pyrrole nitrogens is 1. The fourth-order valence-corrected chi connectivity index (χ4v) is 2.40. The van der Waals surface area contributed by atoms with Crippen molar-refractivity contribution in [2.75, 3.05) is 0 Å². The summed E-state index contributed by atoms with van der Waals surface area (Å²) < 4.78 is 0. The first-order chi connectivity index (χ1) is 8.54. The van der Waals surface area contributed by atoms with E-state index in [0.717, 1.165) is 22.0 Å². The predicted molar refractivity (Wildman–Crippen MR) is 71.7 cm³/mol. The molecule has 0 bridgehead atoms. The number of aromatic amines is 1. The highest BCUT2D eigenvalue weighted by atomic mass is 16.4. The minimum Gasteiger partial charge on any atom is -0.480 e. The third-order valence-electron chi connectivity index (χ3n) is 3.43. The molecule has 1 aromatic carbocycles. The largest absolute Gasteiger partial charge is 0.480 e. The molecule has 96 valence electrons. The quantitative estimate of drug-likeness (QED) is 0.775. The first-order valence-electron chi connectivity index (χ1n) is 6.10. The minimum absolute atomic E-state index is 0.168. The molecule has 0 saturated heterocycles. The molecule has 0 aliphatic rings. The van der Waals surface area contributed by atoms with Crippen molar-refractivity contribution in [3.05, 3.63) is 35.5 Å². The summed E-state index contributed by atoms with van der Waals surface area (Å²) in [4.78, 5) is 14.2. The molecular formula is C14H18N2O2. The summed E-state index contributed by atoms with van der Waals surface area (Å²) in [5.74, 6) is -1.12. The molecule has 0 radical (unpaired) electrons. The van der Waals surface area contributed by atoms with Crippen LogP contribution in [0.3, 0.4) is 0 Å². The van der Waals surface area contributed by atoms with Crippen molar-refractivity contribution in [2.24, 2.45) is 5.73 Å². The predicted octanol–water partition coefficient (Wildman–Crippen LogP) is 2.38. The van der Waals surface area contributed by atoms with Crippen LogP contribution in [-0.4, -0.2) is 22.1 Å². The topological polar surface area (TPSA) is 79.1 Å². The molecule has 18 heavy (non-hydrogen) atoms. The molecule has 0 aliphatic carbocycles. The number of carboxylic acids is 1. The lowest BCUT2D eigenvalue weighted by Gasteiger charge is -2.18. The van der Waals surface area contributed by atoms with Crippen LogP contribution in [0.5, 0.6) is 0 Å². The second kappa shape index (κ2) is 4.82. The van der Waals surface area contributed by atoms with Crippen LogP contribution < -0.4 is 5.73 Å². The van der Waals surface area contributed by atoms with Gasteiger partial charge in [-0.3, -0.25) is 4.79 Å². The van der Waals surface area contributed by atoms with Gasteiger partial charge in [0.2, 0.25) is 0 Å². The fraction of sp³-hybridized carbons (Fsp3) is 0.357. The van der Waals surface area contributed by atoms with Crippen LogP contribution in [0.4, 0.5) is 0 Å². The van der Waals surface area contributed by atoms with Crippen molar-refractivity contribution in [3.8, 4) is 0 Å². The standard InChI is InChI=1S/C14H18N2O2/c1-3-9(13(15)14(17)18)11-7-16-12-5-4-8(2)6-10(11)12/h4-7,9,13,16H,3,15H2,1-2H3,(H,17,18)/t9?,13-/m0/s1. The zero-order chi connectivity index (χ0) is 13.3. The first-order valence-corrected chi connectivity index (χ1v) is 6.10. The van der Waals surface area contributed by atoms with Gasteiger partial charge in [0.25, 0.3) is 0 Å². The highest BCUT2D eigenvalue weighted by Crippen LogP contribution is 2.30. The van der Waals surface area contributed by atoms with Gasteiger partial charge < -0.3 is 15.8 Å². The number of nitrogens with one attached hydrogen (secondary N) is 1. The Bertz CT molecular complexity index is 574. The number of fused-ring (bicyclic) bond motifs is 1. The Morgan fingerprint density at radius 2 is 2.22 bits per heavy atom. The van der Waals surface area contributed by atoms with Crippen LogP contribution >= 0.6 is 0 Å². The van der Waals surface area contributed by atoms with Crippen molar-refractivity contribution in [1.82, 2.24) is 4.98 Å². The van der Waals surface area contributed by atoms with Gasteiger partial charge in [0.05, 0.1) is 0 Å². The van der Waals surface area contributed by atoms with E-state index in [1.54, 1.807) is 0 Å². The van der Waals surface area contributed by atoms with Gasteiger partial charge in [0.15, 0.2) is 0 Å². The Morgan fingerprint density at radius 3 is 2.83 bits per heavy atom. The van der Waals surface area contributed by atoms with Gasteiger partial charge in [0, 0.05) is 23.0 Å². The number of hydrogen-bond acceptors (Lipinski definition) is 2. The summed E-state index contributed by atoms with van der Waals surface area (Å²) in [7, 11) is 0. The number of rotatable bonds is 4. The van der Waals surface area contributed by atoms with Crippen LogP contribution in [0.2, 0.25) is 0 Å². The Balaban J connectivity index is 2.51. The molecule has 1 unspecified atom stereocenters. The van der Waals surface area contributed by atoms with Crippen molar-refractivity contribution in [3.63, 3.8) is 0 Å². The number of carbonyl (C=O) groups is 1. The van der Waals surface area contributed by atoms with Crippen LogP contribution in [0.25, 0.3) is 10.9 Å². The van der Waals surface area contributed by atoms with Gasteiger partial charge in [-0.25, -0.2) is 0 Å². The average molecular weight is 246 g/mol. The van der Waals surface area contributed by atoms with Crippen molar-refractivity contribution < 1.29 is 9.90 Å². The molecule has 1 heterocycles. The molecule has 0 fully saturated rings. The number of hydrogen-bond donors (Lipinski definition) is 3. The van der Waals surface area contributed by atoms with Gasteiger partial charge in [-0.15, -0.1) is 0 Å². The number of aryl methyl sites for hydroxylation is 1. The summed E-state index contributed by atoms with van der Waals surface area (Å²) in [5.41, 5.74) is 8.94. The monoisotopic (exact) mass is 246 g/mol. The van der Waals surface area contributed by atoms with Gasteiger partial charge in [-0.2, -0.15) is 0 Å². The highest BCUT2D eigenvalue weighted by Gasteiger charge is 2.26. The second-order valence-electron chi connectivity index (χ2n) is 4.67. The van der Waals surface area contributed by atoms with Crippen LogP contribution in [0.1, 0.15) is 30.4 Å². The van der Waals surface area contributed by atoms with Crippen molar-refractivity contribution in [1.29, 1.82) is 0 Å². The molecular weight excluding hydrogens is 228 g/mol. The Hall–Kier alpha value is -1.81. The van der Waals surface area contributed by atoms with Crippen molar-refractivity contribution in [2.45, 2.75) is 32.2 Å². The summed E-state index contributed by atoms with van der Waals surface area (Å²) in [6, 6.07) is 5.24. The van der Waals surface area contributed by atoms with E-state index in [1.165, 1.54) is 0 Å². The molecule has 1 aromatic heterocycles. The van der Waals surface area contributed by atoms with Gasteiger partial charge in [-0.1, -0.05) is 18.6 Å². The molecule has 2 aromatic rings. The summed E-state index contributed by atoms with van der Waals surface area (Å²) in [6.07, 6.45) is 2.58. The highest BCUT2D eigenvalue weighted by molar-refractivity contribution is 5.86. The lowest BCUT2D eigenvalue weighted by atomic mass is 9.89. The lowest BCUT2D eigenvalue weighted by Crippen LogP contribution is -2.36. The number of aromatic nitrogens is 1. The summed E-state index contributed by atoms with van der Waals surface area (Å²) >= 11 is 0. The van der Waals surface area contributed by atoms with Gasteiger partial charge in [-0.05, 0) is 31.0 Å². The maximum atomic E-state index is 11.1. The minimum atomic E-state index is -0.955. The molecule has 0 saturated carbocycles. The molecule has 4 N–H and O–H groups in total. The number of nitrogens with two attached hydrogens (primary N) is 1. The number of benzene rings is 1. The van der Waals surface area contributed by atoms with Crippen LogP contribution in [-0.2, 0) is 4.79 Å². The van der Waals surface area contributed by atoms with Gasteiger partial charge >= 0.3 is 5.97 Å². The fourth-order valence-electron chi connectivity index (χ4n) is 2.40. The number of carboxylic acid groups (broad SMARTS) is 1. The molecule has 0 amide bonds. The molecule has 4 nitrogen and oxygen atoms in total. The van der Waals surface area contributed by atoms with Crippen molar-refractivity contribution >= 4 is 16.9 Å². The SMILES string of the molecule is CCC(c1c[nH]c2ccc(C)cc12)[C@H](N)C(=O)O. The van der Waals surface area contributed by atoms with E-state index in [1.807, 2.05) is 32.2 Å². The van der Waals surface area contributed by atoms with Gasteiger partial charge in [0.1, 0.15) is 6.04 Å².